The zero-order valence-electron chi connectivity index (χ0n) is 11.9. The molecule has 114 valence electrons. The number of amides is 1. The molecule has 0 radical (unpaired) electrons. The van der Waals surface area contributed by atoms with E-state index in [1.165, 1.54) is 0 Å². The molecule has 2 rings (SSSR count). The summed E-state index contributed by atoms with van der Waals surface area (Å²) in [5.41, 5.74) is 1.89. The minimum atomic E-state index is -1.06. The summed E-state index contributed by atoms with van der Waals surface area (Å²) in [5, 5.41) is 11.3. The summed E-state index contributed by atoms with van der Waals surface area (Å²) in [6, 6.07) is 16.1. The van der Waals surface area contributed by atoms with Gasteiger partial charge >= 0.3 is 5.97 Å². The molecular formula is C17H17NO4. The number of hydrogen-bond donors (Lipinski definition) is 2. The molecule has 0 aliphatic carbocycles. The van der Waals surface area contributed by atoms with Crippen molar-refractivity contribution in [3.8, 4) is 5.75 Å². The first-order valence-electron chi connectivity index (χ1n) is 6.87. The van der Waals surface area contributed by atoms with E-state index in [1.807, 2.05) is 30.3 Å². The Balaban J connectivity index is 1.92. The molecule has 1 amide bonds. The van der Waals surface area contributed by atoms with Crippen molar-refractivity contribution in [3.05, 3.63) is 65.7 Å². The van der Waals surface area contributed by atoms with Crippen LogP contribution in [0.25, 0.3) is 0 Å². The zero-order chi connectivity index (χ0) is 15.8. The quantitative estimate of drug-likeness (QED) is 0.731. The second-order valence-corrected chi connectivity index (χ2v) is 4.80. The summed E-state index contributed by atoms with van der Waals surface area (Å²) in [6.45, 7) is 0.477. The van der Waals surface area contributed by atoms with Crippen LogP contribution in [-0.4, -0.2) is 23.5 Å². The van der Waals surface area contributed by atoms with Crippen molar-refractivity contribution < 1.29 is 19.4 Å². The number of carboxylic acid groups (broad SMARTS) is 1. The topological polar surface area (TPSA) is 75.6 Å². The van der Waals surface area contributed by atoms with Gasteiger partial charge in [0.25, 0.3) is 0 Å². The van der Waals surface area contributed by atoms with E-state index in [2.05, 4.69) is 5.32 Å². The maximum atomic E-state index is 11.0. The highest BCUT2D eigenvalue weighted by molar-refractivity contribution is 5.76. The molecule has 0 heterocycles. The molecule has 1 atom stereocenters. The lowest BCUT2D eigenvalue weighted by molar-refractivity contribution is -0.140. The summed E-state index contributed by atoms with van der Waals surface area (Å²) in [5.74, 6) is -0.348. The fourth-order valence-corrected chi connectivity index (χ4v) is 2.00. The van der Waals surface area contributed by atoms with Gasteiger partial charge in [-0.25, -0.2) is 4.79 Å². The third-order valence-corrected chi connectivity index (χ3v) is 3.18. The maximum Gasteiger partial charge on any atom is 0.326 e. The number of rotatable bonds is 8. The molecule has 2 aromatic rings. The predicted molar refractivity (Wildman–Crippen MR) is 81.5 cm³/mol. The van der Waals surface area contributed by atoms with Crippen LogP contribution in [-0.2, 0) is 22.6 Å². The summed E-state index contributed by atoms with van der Waals surface area (Å²) in [6.07, 6.45) is 0.628. The number of hydrogen-bond acceptors (Lipinski definition) is 3. The monoisotopic (exact) mass is 299 g/mol. The van der Waals surface area contributed by atoms with E-state index in [0.717, 1.165) is 11.1 Å². The molecule has 2 N–H and O–H groups in total. The number of carbonyl (C=O) groups excluding carboxylic acids is 1. The van der Waals surface area contributed by atoms with Gasteiger partial charge in [0.15, 0.2) is 0 Å². The van der Waals surface area contributed by atoms with Gasteiger partial charge in [-0.1, -0.05) is 42.5 Å². The number of carboxylic acids is 1. The van der Waals surface area contributed by atoms with E-state index in [-0.39, 0.29) is 6.42 Å². The van der Waals surface area contributed by atoms with Crippen molar-refractivity contribution in [2.45, 2.75) is 19.1 Å². The first-order valence-corrected chi connectivity index (χ1v) is 6.87. The van der Waals surface area contributed by atoms with Crippen LogP contribution in [0.2, 0.25) is 0 Å². The van der Waals surface area contributed by atoms with Crippen molar-refractivity contribution in [3.63, 3.8) is 0 Å². The lowest BCUT2D eigenvalue weighted by atomic mass is 10.1. The normalized spacial score (nSPS) is 11.5. The molecule has 0 bridgehead atoms. The van der Waals surface area contributed by atoms with Gasteiger partial charge < -0.3 is 15.2 Å². The number of nitrogens with one attached hydrogen (secondary N) is 1. The van der Waals surface area contributed by atoms with E-state index < -0.39 is 12.0 Å². The molecule has 0 aliphatic heterocycles. The van der Waals surface area contributed by atoms with Crippen molar-refractivity contribution in [2.24, 2.45) is 0 Å². The van der Waals surface area contributed by atoms with Crippen LogP contribution < -0.4 is 10.1 Å². The zero-order valence-corrected chi connectivity index (χ0v) is 11.9. The summed E-state index contributed by atoms with van der Waals surface area (Å²) in [7, 11) is 0. The van der Waals surface area contributed by atoms with Gasteiger partial charge in [0, 0.05) is 6.42 Å². The van der Waals surface area contributed by atoms with E-state index in [1.54, 1.807) is 24.3 Å². The van der Waals surface area contributed by atoms with E-state index in [4.69, 9.17) is 9.84 Å². The van der Waals surface area contributed by atoms with E-state index in [0.29, 0.717) is 18.8 Å². The molecule has 22 heavy (non-hydrogen) atoms. The van der Waals surface area contributed by atoms with Gasteiger partial charge in [-0.3, -0.25) is 4.79 Å². The predicted octanol–water partition coefficient (Wildman–Crippen LogP) is 2.01. The smallest absolute Gasteiger partial charge is 0.326 e. The standard InChI is InChI=1S/C17H17NO4/c19-12-18-16(17(20)21)10-13-6-8-15(9-7-13)22-11-14-4-2-1-3-5-14/h1-9,12,16H,10-11H2,(H,18,19)(H,20,21)/t16-/m0/s1. The molecule has 0 fully saturated rings. The van der Waals surface area contributed by atoms with Crippen molar-refractivity contribution in [2.75, 3.05) is 0 Å². The largest absolute Gasteiger partial charge is 0.489 e. The SMILES string of the molecule is O=CN[C@@H](Cc1ccc(OCc2ccccc2)cc1)C(=O)O. The van der Waals surface area contributed by atoms with Gasteiger partial charge in [-0.05, 0) is 23.3 Å². The lowest BCUT2D eigenvalue weighted by Gasteiger charge is -2.12. The number of carbonyl (C=O) groups is 2. The molecule has 5 heteroatoms. The Bertz CT molecular complexity index is 610. The second-order valence-electron chi connectivity index (χ2n) is 4.80. The molecule has 0 aliphatic rings. The van der Waals surface area contributed by atoms with Crippen molar-refractivity contribution in [1.29, 1.82) is 0 Å². The van der Waals surface area contributed by atoms with Crippen LogP contribution in [0.4, 0.5) is 0 Å². The first-order chi connectivity index (χ1) is 10.7. The highest BCUT2D eigenvalue weighted by atomic mass is 16.5. The molecule has 0 aromatic heterocycles. The number of ether oxygens (including phenoxy) is 1. The summed E-state index contributed by atoms with van der Waals surface area (Å²) in [4.78, 5) is 21.4. The third kappa shape index (κ3) is 4.63. The van der Waals surface area contributed by atoms with E-state index in [9.17, 15) is 9.59 Å². The van der Waals surface area contributed by atoms with Gasteiger partial charge in [0.05, 0.1) is 0 Å². The Labute approximate surface area is 128 Å². The minimum Gasteiger partial charge on any atom is -0.489 e. The second kappa shape index (κ2) is 7.83. The Kier molecular flexibility index (Phi) is 5.54. The maximum absolute atomic E-state index is 11.0. The van der Waals surface area contributed by atoms with Crippen LogP contribution >= 0.6 is 0 Å². The minimum absolute atomic E-state index is 0.229. The fraction of sp³-hybridized carbons (Fsp3) is 0.176. The van der Waals surface area contributed by atoms with Gasteiger partial charge in [-0.15, -0.1) is 0 Å². The highest BCUT2D eigenvalue weighted by Gasteiger charge is 2.16. The van der Waals surface area contributed by atoms with E-state index >= 15 is 0 Å². The molecule has 0 saturated carbocycles. The van der Waals surface area contributed by atoms with Crippen molar-refractivity contribution >= 4 is 12.4 Å². The third-order valence-electron chi connectivity index (χ3n) is 3.18. The lowest BCUT2D eigenvalue weighted by Crippen LogP contribution is -2.37. The summed E-state index contributed by atoms with van der Waals surface area (Å²) >= 11 is 0. The van der Waals surface area contributed by atoms with Crippen LogP contribution in [0.3, 0.4) is 0 Å². The Morgan fingerprint density at radius 2 is 1.77 bits per heavy atom. The average molecular weight is 299 g/mol. The molecule has 0 spiro atoms. The number of aliphatic carboxylic acids is 1. The Hall–Kier alpha value is -2.82. The summed E-state index contributed by atoms with van der Waals surface area (Å²) < 4.78 is 5.66. The van der Waals surface area contributed by atoms with Crippen molar-refractivity contribution in [1.82, 2.24) is 5.32 Å². The molecule has 5 nitrogen and oxygen atoms in total. The molecule has 2 aromatic carbocycles. The van der Waals surface area contributed by atoms with Crippen LogP contribution in [0.1, 0.15) is 11.1 Å². The molecule has 0 unspecified atom stereocenters. The Morgan fingerprint density at radius 1 is 1.09 bits per heavy atom. The van der Waals surface area contributed by atoms with Crippen LogP contribution in [0.15, 0.2) is 54.6 Å². The van der Waals surface area contributed by atoms with Gasteiger partial charge in [0.2, 0.25) is 6.41 Å². The first kappa shape index (κ1) is 15.6. The fourth-order valence-electron chi connectivity index (χ4n) is 2.00. The van der Waals surface area contributed by atoms with Gasteiger partial charge in [-0.2, -0.15) is 0 Å². The van der Waals surface area contributed by atoms with Gasteiger partial charge in [0.1, 0.15) is 18.4 Å². The van der Waals surface area contributed by atoms with Crippen LogP contribution in [0, 0.1) is 0 Å². The highest BCUT2D eigenvalue weighted by Crippen LogP contribution is 2.15. The molecular weight excluding hydrogens is 282 g/mol. The van der Waals surface area contributed by atoms with Crippen LogP contribution in [0.5, 0.6) is 5.75 Å². The average Bonchev–Trinajstić information content (AvgIpc) is 2.54. The molecule has 0 saturated heterocycles. The number of benzene rings is 2. The Morgan fingerprint density at radius 3 is 2.36 bits per heavy atom.